The Morgan fingerprint density at radius 1 is 1.00 bits per heavy atom. The largest absolute Gasteiger partial charge is 0.395 e. The first-order valence-electron chi connectivity index (χ1n) is 8.25. The van der Waals surface area contributed by atoms with Crippen molar-refractivity contribution >= 4 is 38.5 Å². The molecule has 0 radical (unpaired) electrons. The van der Waals surface area contributed by atoms with E-state index in [1.807, 2.05) is 24.0 Å². The summed E-state index contributed by atoms with van der Waals surface area (Å²) in [4.78, 5) is 1.99. The molecule has 0 aliphatic heterocycles. The summed E-state index contributed by atoms with van der Waals surface area (Å²) in [6.45, 7) is 2.69. The first-order chi connectivity index (χ1) is 12.8. The van der Waals surface area contributed by atoms with E-state index in [4.69, 9.17) is 21.8 Å². The summed E-state index contributed by atoms with van der Waals surface area (Å²) in [6, 6.07) is 9.82. The zero-order valence-electron chi connectivity index (χ0n) is 15.1. The van der Waals surface area contributed by atoms with Crippen molar-refractivity contribution in [3.05, 3.63) is 47.0 Å². The van der Waals surface area contributed by atoms with Crippen molar-refractivity contribution in [3.8, 4) is 0 Å². The van der Waals surface area contributed by atoms with Crippen LogP contribution in [0.4, 0.5) is 17.1 Å². The fourth-order valence-electron chi connectivity index (χ4n) is 2.47. The summed E-state index contributed by atoms with van der Waals surface area (Å²) in [6.07, 6.45) is 1.11. The summed E-state index contributed by atoms with van der Waals surface area (Å²) in [5.74, 6) is 0. The van der Waals surface area contributed by atoms with Crippen LogP contribution in [0.2, 0.25) is 5.02 Å². The van der Waals surface area contributed by atoms with Gasteiger partial charge in [-0.3, -0.25) is 0 Å². The number of aryl methyl sites for hydroxylation is 1. The Labute approximate surface area is 163 Å². The number of halogens is 1. The highest BCUT2D eigenvalue weighted by Gasteiger charge is 2.10. The number of azo groups is 1. The van der Waals surface area contributed by atoms with Crippen LogP contribution in [0, 0.1) is 6.92 Å². The van der Waals surface area contributed by atoms with Crippen LogP contribution in [0.15, 0.2) is 51.5 Å². The molecule has 0 atom stereocenters. The highest BCUT2D eigenvalue weighted by molar-refractivity contribution is 7.90. The quantitative estimate of drug-likeness (QED) is 0.649. The molecule has 0 saturated carbocycles. The number of benzene rings is 2. The van der Waals surface area contributed by atoms with Gasteiger partial charge in [0.05, 0.1) is 28.8 Å². The average molecular weight is 412 g/mol. The number of hydrogen-bond donors (Lipinski definition) is 2. The third-order valence-corrected chi connectivity index (χ3v) is 5.31. The Morgan fingerprint density at radius 3 is 2.11 bits per heavy atom. The number of anilines is 1. The number of rotatable bonds is 8. The molecule has 0 heterocycles. The van der Waals surface area contributed by atoms with Crippen LogP contribution in [-0.2, 0) is 9.84 Å². The molecule has 0 aliphatic carbocycles. The lowest BCUT2D eigenvalue weighted by Crippen LogP contribution is -2.29. The molecule has 146 valence electrons. The highest BCUT2D eigenvalue weighted by Crippen LogP contribution is 2.31. The Bertz CT molecular complexity index is 926. The Hall–Kier alpha value is -2.00. The van der Waals surface area contributed by atoms with Gasteiger partial charge in [0.2, 0.25) is 0 Å². The van der Waals surface area contributed by atoms with Crippen LogP contribution in [0.3, 0.4) is 0 Å². The molecule has 0 bridgehead atoms. The fraction of sp³-hybridized carbons (Fsp3) is 0.333. The Balaban J connectivity index is 2.25. The molecule has 0 saturated heterocycles. The number of aliphatic hydroxyl groups excluding tert-OH is 2. The molecule has 0 aliphatic rings. The second-order valence-electron chi connectivity index (χ2n) is 5.99. The molecule has 0 aromatic heterocycles. The number of nitrogens with zero attached hydrogens (tertiary/aromatic N) is 3. The van der Waals surface area contributed by atoms with Crippen LogP contribution >= 0.6 is 11.6 Å². The summed E-state index contributed by atoms with van der Waals surface area (Å²) in [5, 5.41) is 26.8. The zero-order valence-corrected chi connectivity index (χ0v) is 16.7. The van der Waals surface area contributed by atoms with E-state index in [1.54, 1.807) is 6.07 Å². The number of hydrogen-bond acceptors (Lipinski definition) is 7. The number of sulfone groups is 1. The van der Waals surface area contributed by atoms with Gasteiger partial charge in [-0.1, -0.05) is 11.6 Å². The molecule has 0 fully saturated rings. The zero-order chi connectivity index (χ0) is 20.0. The van der Waals surface area contributed by atoms with Gasteiger partial charge in [0.25, 0.3) is 0 Å². The lowest BCUT2D eigenvalue weighted by molar-refractivity contribution is 0.281. The van der Waals surface area contributed by atoms with Crippen molar-refractivity contribution in [3.63, 3.8) is 0 Å². The predicted molar refractivity (Wildman–Crippen MR) is 106 cm³/mol. The van der Waals surface area contributed by atoms with E-state index in [1.165, 1.54) is 18.2 Å². The van der Waals surface area contributed by atoms with E-state index in [-0.39, 0.29) is 23.1 Å². The third kappa shape index (κ3) is 5.74. The molecule has 0 amide bonds. The number of aliphatic hydroxyl groups is 2. The minimum absolute atomic E-state index is 0.0114. The fourth-order valence-corrected chi connectivity index (χ4v) is 3.40. The first-order valence-corrected chi connectivity index (χ1v) is 10.5. The second kappa shape index (κ2) is 9.27. The van der Waals surface area contributed by atoms with Gasteiger partial charge in [-0.25, -0.2) is 8.42 Å². The summed E-state index contributed by atoms with van der Waals surface area (Å²) in [5.41, 5.74) is 2.73. The lowest BCUT2D eigenvalue weighted by atomic mass is 10.1. The molecule has 2 N–H and O–H groups in total. The van der Waals surface area contributed by atoms with E-state index in [2.05, 4.69) is 10.2 Å². The molecule has 2 aromatic rings. The molecule has 0 unspecified atom stereocenters. The molecule has 0 spiro atoms. The van der Waals surface area contributed by atoms with E-state index in [9.17, 15) is 8.42 Å². The predicted octanol–water partition coefficient (Wildman–Crippen LogP) is 3.26. The van der Waals surface area contributed by atoms with Crippen molar-refractivity contribution in [1.82, 2.24) is 0 Å². The van der Waals surface area contributed by atoms with Crippen molar-refractivity contribution < 1.29 is 18.6 Å². The van der Waals surface area contributed by atoms with E-state index >= 15 is 0 Å². The molecule has 27 heavy (non-hydrogen) atoms. The lowest BCUT2D eigenvalue weighted by Gasteiger charge is -2.23. The van der Waals surface area contributed by atoms with Gasteiger partial charge < -0.3 is 15.1 Å². The first kappa shape index (κ1) is 21.3. The summed E-state index contributed by atoms with van der Waals surface area (Å²) in [7, 11) is -3.34. The average Bonchev–Trinajstić information content (AvgIpc) is 2.60. The van der Waals surface area contributed by atoms with Gasteiger partial charge in [0, 0.05) is 25.0 Å². The standard InChI is InChI=1S/C18H22ClN3O4S/c1-13-11-14(22(7-9-23)8-10-24)3-5-17(13)20-21-18-6-4-15(12-16(18)19)27(2,25)26/h3-6,11-12,23-24H,7-10H2,1-2H3. The minimum atomic E-state index is -3.34. The molecule has 7 nitrogen and oxygen atoms in total. The van der Waals surface area contributed by atoms with Crippen LogP contribution in [0.5, 0.6) is 0 Å². The molecule has 2 aromatic carbocycles. The van der Waals surface area contributed by atoms with Crippen LogP contribution in [0.1, 0.15) is 5.56 Å². The van der Waals surface area contributed by atoms with Crippen molar-refractivity contribution in [2.75, 3.05) is 37.5 Å². The maximum absolute atomic E-state index is 11.6. The molecule has 9 heteroatoms. The third-order valence-electron chi connectivity index (χ3n) is 3.90. The van der Waals surface area contributed by atoms with Gasteiger partial charge >= 0.3 is 0 Å². The molecule has 2 rings (SSSR count). The van der Waals surface area contributed by atoms with Gasteiger partial charge in [0.15, 0.2) is 9.84 Å². The normalized spacial score (nSPS) is 11.9. The SMILES string of the molecule is Cc1cc(N(CCO)CCO)ccc1N=Nc1ccc(S(C)(=O)=O)cc1Cl. The van der Waals surface area contributed by atoms with Gasteiger partial charge in [-0.15, -0.1) is 5.11 Å². The second-order valence-corrected chi connectivity index (χ2v) is 8.41. The van der Waals surface area contributed by atoms with Crippen LogP contribution in [0.25, 0.3) is 0 Å². The summed E-state index contributed by atoms with van der Waals surface area (Å²) < 4.78 is 23.1. The van der Waals surface area contributed by atoms with E-state index in [0.29, 0.717) is 24.5 Å². The van der Waals surface area contributed by atoms with Crippen molar-refractivity contribution in [1.29, 1.82) is 0 Å². The van der Waals surface area contributed by atoms with Gasteiger partial charge in [0.1, 0.15) is 5.69 Å². The molecular formula is C18H22ClN3O4S. The van der Waals surface area contributed by atoms with Crippen molar-refractivity contribution in [2.24, 2.45) is 10.2 Å². The topological polar surface area (TPSA) is 103 Å². The minimum Gasteiger partial charge on any atom is -0.395 e. The van der Waals surface area contributed by atoms with E-state index in [0.717, 1.165) is 17.5 Å². The van der Waals surface area contributed by atoms with Gasteiger partial charge in [-0.05, 0) is 48.9 Å². The Kier molecular flexibility index (Phi) is 7.32. The highest BCUT2D eigenvalue weighted by atomic mass is 35.5. The van der Waals surface area contributed by atoms with Crippen LogP contribution < -0.4 is 4.90 Å². The van der Waals surface area contributed by atoms with E-state index < -0.39 is 9.84 Å². The monoisotopic (exact) mass is 411 g/mol. The maximum Gasteiger partial charge on any atom is 0.175 e. The van der Waals surface area contributed by atoms with Crippen LogP contribution in [-0.4, -0.2) is 51.2 Å². The maximum atomic E-state index is 11.6. The summed E-state index contributed by atoms with van der Waals surface area (Å²) >= 11 is 6.11. The smallest absolute Gasteiger partial charge is 0.175 e. The van der Waals surface area contributed by atoms with Gasteiger partial charge in [-0.2, -0.15) is 5.11 Å². The molecular weight excluding hydrogens is 390 g/mol. The van der Waals surface area contributed by atoms with Crippen molar-refractivity contribution in [2.45, 2.75) is 11.8 Å². The Morgan fingerprint density at radius 2 is 1.59 bits per heavy atom.